The van der Waals surface area contributed by atoms with Gasteiger partial charge < -0.3 is 0 Å². The predicted molar refractivity (Wildman–Crippen MR) is 96.6 cm³/mol. The highest BCUT2D eigenvalue weighted by atomic mass is 32.2. The Hall–Kier alpha value is -2.72. The van der Waals surface area contributed by atoms with Gasteiger partial charge in [0.1, 0.15) is 0 Å². The molecule has 118 valence electrons. The zero-order chi connectivity index (χ0) is 16.6. The van der Waals surface area contributed by atoms with Crippen molar-refractivity contribution in [3.05, 3.63) is 84.6 Å². The second-order valence-corrected chi connectivity index (χ2v) is 7.72. The zero-order valence-corrected chi connectivity index (χ0v) is 13.7. The van der Waals surface area contributed by atoms with Gasteiger partial charge in [0, 0.05) is 17.0 Å². The van der Waals surface area contributed by atoms with E-state index in [2.05, 4.69) is 4.98 Å². The minimum Gasteiger partial charge on any atom is -0.256 e. The molecule has 0 unspecified atom stereocenters. The standard InChI is InChI=1S/C20H15NO2S/c22-24(23,18-9-2-1-3-10-18)14-17-7-4-6-15-11-12-16-8-5-13-21-20(16)19(15)17/h1-13H,14H2. The fraction of sp³-hybridized carbons (Fsp3) is 0.0500. The summed E-state index contributed by atoms with van der Waals surface area (Å²) in [6.07, 6.45) is 1.74. The molecular weight excluding hydrogens is 318 g/mol. The third-order valence-corrected chi connectivity index (χ3v) is 5.83. The van der Waals surface area contributed by atoms with Gasteiger partial charge in [-0.3, -0.25) is 4.98 Å². The van der Waals surface area contributed by atoms with Crippen molar-refractivity contribution in [2.75, 3.05) is 0 Å². The van der Waals surface area contributed by atoms with Gasteiger partial charge in [0.2, 0.25) is 0 Å². The molecule has 0 aliphatic carbocycles. The molecule has 3 aromatic carbocycles. The molecule has 1 heterocycles. The topological polar surface area (TPSA) is 47.0 Å². The summed E-state index contributed by atoms with van der Waals surface area (Å²) in [5.41, 5.74) is 1.62. The van der Waals surface area contributed by atoms with E-state index < -0.39 is 9.84 Å². The minimum atomic E-state index is -3.40. The molecule has 0 aliphatic rings. The van der Waals surface area contributed by atoms with Gasteiger partial charge in [0.25, 0.3) is 0 Å². The average Bonchev–Trinajstić information content (AvgIpc) is 2.62. The van der Waals surface area contributed by atoms with E-state index in [-0.39, 0.29) is 5.75 Å². The molecule has 3 nitrogen and oxygen atoms in total. The van der Waals surface area contributed by atoms with Crippen LogP contribution in [0.1, 0.15) is 5.56 Å². The summed E-state index contributed by atoms with van der Waals surface area (Å²) in [4.78, 5) is 4.82. The van der Waals surface area contributed by atoms with Crippen LogP contribution in [-0.2, 0) is 15.6 Å². The fourth-order valence-electron chi connectivity index (χ4n) is 3.02. The largest absolute Gasteiger partial charge is 0.256 e. The van der Waals surface area contributed by atoms with Crippen LogP contribution in [0, 0.1) is 0 Å². The maximum absolute atomic E-state index is 12.8. The summed E-state index contributed by atoms with van der Waals surface area (Å²) in [5.74, 6) is -0.0377. The van der Waals surface area contributed by atoms with Crippen molar-refractivity contribution in [2.24, 2.45) is 0 Å². The lowest BCUT2D eigenvalue weighted by Gasteiger charge is -2.10. The van der Waals surface area contributed by atoms with Gasteiger partial charge in [-0.05, 0) is 29.1 Å². The molecule has 1 aromatic heterocycles. The molecule has 0 spiro atoms. The molecule has 4 aromatic rings. The molecule has 0 radical (unpaired) electrons. The van der Waals surface area contributed by atoms with Crippen LogP contribution < -0.4 is 0 Å². The number of sulfone groups is 1. The first kappa shape index (κ1) is 14.8. The molecule has 0 fully saturated rings. The van der Waals surface area contributed by atoms with Crippen LogP contribution in [-0.4, -0.2) is 13.4 Å². The quantitative estimate of drug-likeness (QED) is 0.523. The highest BCUT2D eigenvalue weighted by Gasteiger charge is 2.17. The molecular formula is C20H15NO2S. The Kier molecular flexibility index (Phi) is 3.54. The van der Waals surface area contributed by atoms with E-state index in [1.165, 1.54) is 0 Å². The first-order chi connectivity index (χ1) is 11.6. The number of nitrogens with zero attached hydrogens (tertiary/aromatic N) is 1. The van der Waals surface area contributed by atoms with Crippen molar-refractivity contribution < 1.29 is 8.42 Å². The Morgan fingerprint density at radius 1 is 0.750 bits per heavy atom. The van der Waals surface area contributed by atoms with Gasteiger partial charge >= 0.3 is 0 Å². The van der Waals surface area contributed by atoms with E-state index >= 15 is 0 Å². The number of aromatic nitrogens is 1. The third-order valence-electron chi connectivity index (χ3n) is 4.15. The van der Waals surface area contributed by atoms with Crippen molar-refractivity contribution in [1.29, 1.82) is 0 Å². The van der Waals surface area contributed by atoms with E-state index in [0.717, 1.165) is 27.2 Å². The Morgan fingerprint density at radius 3 is 2.33 bits per heavy atom. The van der Waals surface area contributed by atoms with Gasteiger partial charge in [0.05, 0.1) is 16.2 Å². The molecule has 0 aliphatic heterocycles. The van der Waals surface area contributed by atoms with Gasteiger partial charge in [-0.25, -0.2) is 8.42 Å². The Balaban J connectivity index is 1.93. The zero-order valence-electron chi connectivity index (χ0n) is 12.9. The molecule has 4 rings (SSSR count). The van der Waals surface area contributed by atoms with Crippen LogP contribution in [0.3, 0.4) is 0 Å². The van der Waals surface area contributed by atoms with Crippen LogP contribution in [0.5, 0.6) is 0 Å². The molecule has 0 bridgehead atoms. The summed E-state index contributed by atoms with van der Waals surface area (Å²) in [6.45, 7) is 0. The fourth-order valence-corrected chi connectivity index (χ4v) is 4.41. The second-order valence-electron chi connectivity index (χ2n) is 5.73. The molecule has 24 heavy (non-hydrogen) atoms. The molecule has 0 saturated carbocycles. The minimum absolute atomic E-state index is 0.0377. The number of fused-ring (bicyclic) bond motifs is 3. The summed E-state index contributed by atoms with van der Waals surface area (Å²) >= 11 is 0. The first-order valence-electron chi connectivity index (χ1n) is 7.68. The van der Waals surface area contributed by atoms with Gasteiger partial charge in [-0.15, -0.1) is 0 Å². The van der Waals surface area contributed by atoms with Crippen molar-refractivity contribution in [3.8, 4) is 0 Å². The summed E-state index contributed by atoms with van der Waals surface area (Å²) in [7, 11) is -3.40. The van der Waals surface area contributed by atoms with E-state index in [0.29, 0.717) is 4.90 Å². The van der Waals surface area contributed by atoms with Crippen LogP contribution >= 0.6 is 0 Å². The maximum atomic E-state index is 12.8. The summed E-state index contributed by atoms with van der Waals surface area (Å²) in [6, 6.07) is 22.2. The van der Waals surface area contributed by atoms with Gasteiger partial charge in [-0.2, -0.15) is 0 Å². The van der Waals surface area contributed by atoms with Crippen LogP contribution in [0.15, 0.2) is 83.9 Å². The molecule has 4 heteroatoms. The summed E-state index contributed by atoms with van der Waals surface area (Å²) in [5, 5.41) is 2.92. The normalized spacial score (nSPS) is 11.8. The molecule has 0 amide bonds. The Bertz CT molecular complexity index is 1140. The van der Waals surface area contributed by atoms with Crippen molar-refractivity contribution in [3.63, 3.8) is 0 Å². The monoisotopic (exact) mass is 333 g/mol. The third kappa shape index (κ3) is 2.55. The number of benzene rings is 3. The highest BCUT2D eigenvalue weighted by Crippen LogP contribution is 2.29. The van der Waals surface area contributed by atoms with E-state index in [9.17, 15) is 8.42 Å². The van der Waals surface area contributed by atoms with Crippen LogP contribution in [0.2, 0.25) is 0 Å². The van der Waals surface area contributed by atoms with E-state index in [1.807, 2.05) is 48.5 Å². The molecule has 0 N–H and O–H groups in total. The average molecular weight is 333 g/mol. The molecule has 0 saturated heterocycles. The van der Waals surface area contributed by atoms with Gasteiger partial charge in [0.15, 0.2) is 9.84 Å². The summed E-state index contributed by atoms with van der Waals surface area (Å²) < 4.78 is 25.5. The van der Waals surface area contributed by atoms with E-state index in [4.69, 9.17) is 0 Å². The highest BCUT2D eigenvalue weighted by molar-refractivity contribution is 7.90. The van der Waals surface area contributed by atoms with Crippen LogP contribution in [0.25, 0.3) is 21.7 Å². The van der Waals surface area contributed by atoms with Crippen molar-refractivity contribution >= 4 is 31.5 Å². The maximum Gasteiger partial charge on any atom is 0.182 e. The van der Waals surface area contributed by atoms with Crippen molar-refractivity contribution in [2.45, 2.75) is 10.6 Å². The predicted octanol–water partition coefficient (Wildman–Crippen LogP) is 4.36. The number of hydrogen-bond donors (Lipinski definition) is 0. The Morgan fingerprint density at radius 2 is 1.50 bits per heavy atom. The lowest BCUT2D eigenvalue weighted by atomic mass is 10.0. The van der Waals surface area contributed by atoms with E-state index in [1.54, 1.807) is 30.5 Å². The second kappa shape index (κ2) is 5.73. The number of pyridine rings is 1. The Labute approximate surface area is 140 Å². The number of hydrogen-bond acceptors (Lipinski definition) is 3. The van der Waals surface area contributed by atoms with Crippen LogP contribution in [0.4, 0.5) is 0 Å². The lowest BCUT2D eigenvalue weighted by Crippen LogP contribution is -2.05. The lowest BCUT2D eigenvalue weighted by molar-refractivity contribution is 0.595. The molecule has 0 atom stereocenters. The van der Waals surface area contributed by atoms with Crippen molar-refractivity contribution in [1.82, 2.24) is 4.98 Å². The van der Waals surface area contributed by atoms with Gasteiger partial charge in [-0.1, -0.05) is 54.6 Å². The smallest absolute Gasteiger partial charge is 0.182 e. The number of rotatable bonds is 3. The first-order valence-corrected chi connectivity index (χ1v) is 9.33. The SMILES string of the molecule is O=S(=O)(Cc1cccc2ccc3cccnc3c12)c1ccccc1.